The van der Waals surface area contributed by atoms with Crippen LogP contribution in [-0.2, 0) is 0 Å². The third kappa shape index (κ3) is 5.09. The number of benzene rings is 1. The van der Waals surface area contributed by atoms with Crippen LogP contribution in [0.3, 0.4) is 0 Å². The average molecular weight is 267 g/mol. The number of nitrogens with one attached hydrogen (secondary N) is 1. The molecule has 0 aliphatic heterocycles. The molecule has 0 aliphatic carbocycles. The van der Waals surface area contributed by atoms with Crippen molar-refractivity contribution in [2.45, 2.75) is 38.8 Å². The Balaban J connectivity index is 2.72. The minimum Gasteiger partial charge on any atom is -0.497 e. The van der Waals surface area contributed by atoms with Crippen molar-refractivity contribution in [3.8, 4) is 11.5 Å². The maximum Gasteiger partial charge on any atom is 0.124 e. The van der Waals surface area contributed by atoms with Crippen LogP contribution in [0.5, 0.6) is 11.5 Å². The van der Waals surface area contributed by atoms with Crippen molar-refractivity contribution < 1.29 is 14.6 Å². The van der Waals surface area contributed by atoms with E-state index in [4.69, 9.17) is 9.47 Å². The topological polar surface area (TPSA) is 50.7 Å². The number of rotatable bonds is 6. The summed E-state index contributed by atoms with van der Waals surface area (Å²) in [4.78, 5) is 0. The fourth-order valence-electron chi connectivity index (χ4n) is 1.84. The van der Waals surface area contributed by atoms with Gasteiger partial charge in [0.25, 0.3) is 0 Å². The highest BCUT2D eigenvalue weighted by Gasteiger charge is 2.16. The minimum absolute atomic E-state index is 0.0538. The highest BCUT2D eigenvalue weighted by Crippen LogP contribution is 2.30. The lowest BCUT2D eigenvalue weighted by molar-refractivity contribution is 0.159. The molecule has 1 unspecified atom stereocenters. The van der Waals surface area contributed by atoms with Crippen molar-refractivity contribution in [1.29, 1.82) is 0 Å². The lowest BCUT2D eigenvalue weighted by atomic mass is 10.0. The fourth-order valence-corrected chi connectivity index (χ4v) is 1.84. The smallest absolute Gasteiger partial charge is 0.124 e. The summed E-state index contributed by atoms with van der Waals surface area (Å²) < 4.78 is 10.5. The zero-order chi connectivity index (χ0) is 14.5. The Morgan fingerprint density at radius 3 is 2.42 bits per heavy atom. The lowest BCUT2D eigenvalue weighted by Crippen LogP contribution is -2.36. The van der Waals surface area contributed by atoms with Gasteiger partial charge in [-0.25, -0.2) is 0 Å². The molecule has 0 aromatic heterocycles. The molecule has 0 heterocycles. The molecule has 108 valence electrons. The molecule has 0 radical (unpaired) electrons. The van der Waals surface area contributed by atoms with Crippen molar-refractivity contribution in [2.24, 2.45) is 0 Å². The summed E-state index contributed by atoms with van der Waals surface area (Å²) in [5.74, 6) is 1.41. The van der Waals surface area contributed by atoms with Gasteiger partial charge >= 0.3 is 0 Å². The highest BCUT2D eigenvalue weighted by molar-refractivity contribution is 5.41. The van der Waals surface area contributed by atoms with E-state index in [1.807, 2.05) is 18.2 Å². The molecule has 4 heteroatoms. The van der Waals surface area contributed by atoms with E-state index >= 15 is 0 Å². The molecule has 0 saturated carbocycles. The minimum atomic E-state index is -0.570. The summed E-state index contributed by atoms with van der Waals surface area (Å²) in [5.41, 5.74) is 0.815. The van der Waals surface area contributed by atoms with Crippen molar-refractivity contribution in [1.82, 2.24) is 5.32 Å². The van der Waals surface area contributed by atoms with Gasteiger partial charge in [0.1, 0.15) is 11.5 Å². The lowest BCUT2D eigenvalue weighted by Gasteiger charge is -2.22. The summed E-state index contributed by atoms with van der Waals surface area (Å²) >= 11 is 0. The van der Waals surface area contributed by atoms with Crippen LogP contribution >= 0.6 is 0 Å². The standard InChI is InChI=1S/C15H25NO3/c1-15(2,3)16-9-8-13(17)12-10-11(18-4)6-7-14(12)19-5/h6-7,10,13,16-17H,8-9H2,1-5H3. The van der Waals surface area contributed by atoms with Crippen molar-refractivity contribution in [3.63, 3.8) is 0 Å². The Bertz CT molecular complexity index is 399. The molecule has 1 aromatic rings. The fraction of sp³-hybridized carbons (Fsp3) is 0.600. The van der Waals surface area contributed by atoms with Gasteiger partial charge in [0.2, 0.25) is 0 Å². The number of ether oxygens (including phenoxy) is 2. The predicted octanol–water partition coefficient (Wildman–Crippen LogP) is 2.52. The average Bonchev–Trinajstić information content (AvgIpc) is 2.36. The molecule has 2 N–H and O–H groups in total. The van der Waals surface area contributed by atoms with E-state index in [0.29, 0.717) is 12.2 Å². The van der Waals surface area contributed by atoms with Gasteiger partial charge in [0.05, 0.1) is 20.3 Å². The maximum absolute atomic E-state index is 10.3. The largest absolute Gasteiger partial charge is 0.497 e. The van der Waals surface area contributed by atoms with Crippen molar-refractivity contribution in [2.75, 3.05) is 20.8 Å². The number of aliphatic hydroxyl groups excluding tert-OH is 1. The van der Waals surface area contributed by atoms with Gasteiger partial charge in [0.15, 0.2) is 0 Å². The Labute approximate surface area is 115 Å². The van der Waals surface area contributed by atoms with Gasteiger partial charge in [-0.15, -0.1) is 0 Å². The van der Waals surface area contributed by atoms with E-state index in [0.717, 1.165) is 17.9 Å². The van der Waals surface area contributed by atoms with Crippen LogP contribution in [0.2, 0.25) is 0 Å². The third-order valence-electron chi connectivity index (χ3n) is 2.87. The van der Waals surface area contributed by atoms with Crippen LogP contribution in [0.25, 0.3) is 0 Å². The zero-order valence-electron chi connectivity index (χ0n) is 12.5. The highest BCUT2D eigenvalue weighted by atomic mass is 16.5. The zero-order valence-corrected chi connectivity index (χ0v) is 12.5. The van der Waals surface area contributed by atoms with Gasteiger partial charge in [0, 0.05) is 11.1 Å². The van der Waals surface area contributed by atoms with Crippen LogP contribution in [0.15, 0.2) is 18.2 Å². The molecular formula is C15H25NO3. The first-order valence-electron chi connectivity index (χ1n) is 6.52. The molecule has 0 fully saturated rings. The van der Waals surface area contributed by atoms with Crippen LogP contribution < -0.4 is 14.8 Å². The van der Waals surface area contributed by atoms with E-state index < -0.39 is 6.10 Å². The molecule has 0 aliphatic rings. The molecule has 0 saturated heterocycles. The second-order valence-electron chi connectivity index (χ2n) is 5.59. The first-order valence-corrected chi connectivity index (χ1v) is 6.52. The Hall–Kier alpha value is -1.26. The summed E-state index contributed by atoms with van der Waals surface area (Å²) in [5, 5.41) is 13.6. The normalized spacial score (nSPS) is 13.2. The monoisotopic (exact) mass is 267 g/mol. The number of methoxy groups -OCH3 is 2. The molecular weight excluding hydrogens is 242 g/mol. The van der Waals surface area contributed by atoms with Gasteiger partial charge in [-0.05, 0) is 51.9 Å². The number of aliphatic hydroxyl groups is 1. The van der Waals surface area contributed by atoms with E-state index in [2.05, 4.69) is 26.1 Å². The van der Waals surface area contributed by atoms with Crippen molar-refractivity contribution in [3.05, 3.63) is 23.8 Å². The first kappa shape index (κ1) is 15.8. The summed E-state index contributed by atoms with van der Waals surface area (Å²) in [7, 11) is 3.21. The summed E-state index contributed by atoms with van der Waals surface area (Å²) in [6.45, 7) is 7.05. The molecule has 1 aromatic carbocycles. The maximum atomic E-state index is 10.3. The Morgan fingerprint density at radius 2 is 1.89 bits per heavy atom. The molecule has 0 bridgehead atoms. The molecule has 0 spiro atoms. The SMILES string of the molecule is COc1ccc(OC)c(C(O)CCNC(C)(C)C)c1. The van der Waals surface area contributed by atoms with Crippen molar-refractivity contribution >= 4 is 0 Å². The number of hydrogen-bond donors (Lipinski definition) is 2. The third-order valence-corrected chi connectivity index (χ3v) is 2.87. The predicted molar refractivity (Wildman–Crippen MR) is 76.9 cm³/mol. The van der Waals surface area contributed by atoms with E-state index in [-0.39, 0.29) is 5.54 Å². The number of hydrogen-bond acceptors (Lipinski definition) is 4. The van der Waals surface area contributed by atoms with Crippen LogP contribution in [0, 0.1) is 0 Å². The Kier molecular flexibility index (Phi) is 5.63. The van der Waals surface area contributed by atoms with Gasteiger partial charge in [-0.3, -0.25) is 0 Å². The quantitative estimate of drug-likeness (QED) is 0.831. The molecule has 4 nitrogen and oxygen atoms in total. The van der Waals surface area contributed by atoms with Gasteiger partial charge < -0.3 is 19.9 Å². The Morgan fingerprint density at radius 1 is 1.21 bits per heavy atom. The molecule has 0 amide bonds. The summed E-state index contributed by atoms with van der Waals surface area (Å²) in [6.07, 6.45) is 0.0563. The van der Waals surface area contributed by atoms with E-state index in [1.54, 1.807) is 14.2 Å². The molecule has 19 heavy (non-hydrogen) atoms. The summed E-state index contributed by atoms with van der Waals surface area (Å²) in [6, 6.07) is 5.46. The van der Waals surface area contributed by atoms with Gasteiger partial charge in [-0.2, -0.15) is 0 Å². The van der Waals surface area contributed by atoms with Crippen LogP contribution in [0.1, 0.15) is 38.9 Å². The van der Waals surface area contributed by atoms with Crippen LogP contribution in [-0.4, -0.2) is 31.4 Å². The van der Waals surface area contributed by atoms with E-state index in [9.17, 15) is 5.11 Å². The van der Waals surface area contributed by atoms with E-state index in [1.165, 1.54) is 0 Å². The molecule has 1 atom stereocenters. The van der Waals surface area contributed by atoms with Crippen LogP contribution in [0.4, 0.5) is 0 Å². The second kappa shape index (κ2) is 6.78. The van der Waals surface area contributed by atoms with Gasteiger partial charge in [-0.1, -0.05) is 0 Å². The molecule has 1 rings (SSSR count). The second-order valence-corrected chi connectivity index (χ2v) is 5.59. The first-order chi connectivity index (χ1) is 8.87.